The molecule has 0 aliphatic carbocycles. The summed E-state index contributed by atoms with van der Waals surface area (Å²) in [6.45, 7) is 7.29. The lowest BCUT2D eigenvalue weighted by Gasteiger charge is -2.37. The Balaban J connectivity index is 1.60. The Kier molecular flexibility index (Phi) is 5.57. The quantitative estimate of drug-likeness (QED) is 0.871. The van der Waals surface area contributed by atoms with Crippen LogP contribution < -0.4 is 15.0 Å². The fourth-order valence-electron chi connectivity index (χ4n) is 3.18. The standard InChI is InChI=1S/C20H24ClN3O2/c1-14-5-4-6-18(15(14)2)23-9-11-24(12-10-23)20(25)22-16-7-8-19(26-3)17(21)13-16/h4-8,13H,9-12H2,1-3H3,(H,22,25). The van der Waals surface area contributed by atoms with E-state index in [0.29, 0.717) is 29.5 Å². The highest BCUT2D eigenvalue weighted by Gasteiger charge is 2.22. The topological polar surface area (TPSA) is 44.8 Å². The molecule has 1 saturated heterocycles. The van der Waals surface area contributed by atoms with Crippen LogP contribution in [0.3, 0.4) is 0 Å². The van der Waals surface area contributed by atoms with Crippen molar-refractivity contribution >= 4 is 29.0 Å². The number of hydrogen-bond donors (Lipinski definition) is 1. The van der Waals surface area contributed by atoms with Gasteiger partial charge >= 0.3 is 6.03 Å². The van der Waals surface area contributed by atoms with E-state index in [1.54, 1.807) is 25.3 Å². The van der Waals surface area contributed by atoms with Crippen molar-refractivity contribution in [2.24, 2.45) is 0 Å². The first-order valence-electron chi connectivity index (χ1n) is 8.70. The third-order valence-electron chi connectivity index (χ3n) is 4.89. The van der Waals surface area contributed by atoms with Gasteiger partial charge in [0.1, 0.15) is 5.75 Å². The lowest BCUT2D eigenvalue weighted by molar-refractivity contribution is 0.208. The van der Waals surface area contributed by atoms with Gasteiger partial charge in [0.2, 0.25) is 0 Å². The molecule has 3 rings (SSSR count). The minimum atomic E-state index is -0.105. The van der Waals surface area contributed by atoms with Gasteiger partial charge < -0.3 is 19.9 Å². The number of nitrogens with zero attached hydrogens (tertiary/aromatic N) is 2. The Hall–Kier alpha value is -2.40. The van der Waals surface area contributed by atoms with E-state index in [9.17, 15) is 4.79 Å². The monoisotopic (exact) mass is 373 g/mol. The number of carbonyl (C=O) groups is 1. The summed E-state index contributed by atoms with van der Waals surface area (Å²) in [4.78, 5) is 16.7. The molecule has 0 bridgehead atoms. The van der Waals surface area contributed by atoms with Crippen molar-refractivity contribution < 1.29 is 9.53 Å². The molecular weight excluding hydrogens is 350 g/mol. The van der Waals surface area contributed by atoms with E-state index in [4.69, 9.17) is 16.3 Å². The highest BCUT2D eigenvalue weighted by atomic mass is 35.5. The van der Waals surface area contributed by atoms with Gasteiger partial charge in [0.05, 0.1) is 12.1 Å². The van der Waals surface area contributed by atoms with Gasteiger partial charge in [0.25, 0.3) is 0 Å². The zero-order valence-corrected chi connectivity index (χ0v) is 16.1. The normalized spacial score (nSPS) is 14.3. The van der Waals surface area contributed by atoms with E-state index in [-0.39, 0.29) is 6.03 Å². The van der Waals surface area contributed by atoms with Crippen LogP contribution in [0.5, 0.6) is 5.75 Å². The number of anilines is 2. The van der Waals surface area contributed by atoms with Crippen molar-refractivity contribution in [3.63, 3.8) is 0 Å². The fourth-order valence-corrected chi connectivity index (χ4v) is 3.43. The molecular formula is C20H24ClN3O2. The number of benzene rings is 2. The van der Waals surface area contributed by atoms with Gasteiger partial charge in [-0.15, -0.1) is 0 Å². The number of ether oxygens (including phenoxy) is 1. The molecule has 26 heavy (non-hydrogen) atoms. The second-order valence-corrected chi connectivity index (χ2v) is 6.88. The molecule has 0 saturated carbocycles. The highest BCUT2D eigenvalue weighted by molar-refractivity contribution is 6.32. The van der Waals surface area contributed by atoms with Crippen molar-refractivity contribution in [3.05, 3.63) is 52.5 Å². The number of halogens is 1. The largest absolute Gasteiger partial charge is 0.495 e. The number of carbonyl (C=O) groups excluding carboxylic acids is 1. The van der Waals surface area contributed by atoms with Gasteiger partial charge in [-0.25, -0.2) is 4.79 Å². The summed E-state index contributed by atoms with van der Waals surface area (Å²) in [7, 11) is 1.56. The highest BCUT2D eigenvalue weighted by Crippen LogP contribution is 2.28. The molecule has 1 heterocycles. The van der Waals surface area contributed by atoms with Crippen LogP contribution in [0.1, 0.15) is 11.1 Å². The first kappa shape index (κ1) is 18.4. The number of methoxy groups -OCH3 is 1. The van der Waals surface area contributed by atoms with E-state index in [2.05, 4.69) is 42.3 Å². The number of nitrogens with one attached hydrogen (secondary N) is 1. The number of piperazine rings is 1. The van der Waals surface area contributed by atoms with Crippen LogP contribution in [0.2, 0.25) is 5.02 Å². The van der Waals surface area contributed by atoms with Crippen molar-refractivity contribution in [3.8, 4) is 5.75 Å². The predicted molar refractivity (Wildman–Crippen MR) is 107 cm³/mol. The van der Waals surface area contributed by atoms with Crippen LogP contribution in [0.4, 0.5) is 16.2 Å². The fraction of sp³-hybridized carbons (Fsp3) is 0.350. The Morgan fingerprint density at radius 3 is 2.50 bits per heavy atom. The zero-order valence-electron chi connectivity index (χ0n) is 15.4. The maximum Gasteiger partial charge on any atom is 0.321 e. The summed E-state index contributed by atoms with van der Waals surface area (Å²) < 4.78 is 5.13. The van der Waals surface area contributed by atoms with Crippen LogP contribution in [-0.2, 0) is 0 Å². The summed E-state index contributed by atoms with van der Waals surface area (Å²) in [6.07, 6.45) is 0. The molecule has 0 unspecified atom stereocenters. The summed E-state index contributed by atoms with van der Waals surface area (Å²) in [5.41, 5.74) is 4.52. The maximum absolute atomic E-state index is 12.5. The number of amides is 2. The molecule has 1 aliphatic rings. The molecule has 2 aromatic rings. The number of urea groups is 1. The van der Waals surface area contributed by atoms with Gasteiger partial charge in [-0.3, -0.25) is 0 Å². The Labute approximate surface area is 159 Å². The molecule has 0 radical (unpaired) electrons. The summed E-state index contributed by atoms with van der Waals surface area (Å²) in [5, 5.41) is 3.38. The molecule has 0 spiro atoms. The molecule has 138 valence electrons. The number of rotatable bonds is 3. The van der Waals surface area contributed by atoms with Gasteiger partial charge in [0.15, 0.2) is 0 Å². The number of hydrogen-bond acceptors (Lipinski definition) is 3. The maximum atomic E-state index is 12.5. The van der Waals surface area contributed by atoms with E-state index >= 15 is 0 Å². The van der Waals surface area contributed by atoms with Crippen molar-refractivity contribution in [2.45, 2.75) is 13.8 Å². The molecule has 1 fully saturated rings. The van der Waals surface area contributed by atoms with Crippen LogP contribution >= 0.6 is 11.6 Å². The Morgan fingerprint density at radius 2 is 1.85 bits per heavy atom. The third-order valence-corrected chi connectivity index (χ3v) is 5.18. The minimum Gasteiger partial charge on any atom is -0.495 e. The summed E-state index contributed by atoms with van der Waals surface area (Å²) >= 11 is 6.12. The average molecular weight is 374 g/mol. The number of aryl methyl sites for hydroxylation is 1. The van der Waals surface area contributed by atoms with Crippen LogP contribution in [0.15, 0.2) is 36.4 Å². The van der Waals surface area contributed by atoms with Crippen LogP contribution in [-0.4, -0.2) is 44.2 Å². The van der Waals surface area contributed by atoms with Crippen molar-refractivity contribution in [2.75, 3.05) is 43.5 Å². The van der Waals surface area contributed by atoms with E-state index in [1.165, 1.54) is 16.8 Å². The first-order valence-corrected chi connectivity index (χ1v) is 9.08. The SMILES string of the molecule is COc1ccc(NC(=O)N2CCN(c3cccc(C)c3C)CC2)cc1Cl. The van der Waals surface area contributed by atoms with Gasteiger partial charge in [-0.1, -0.05) is 23.7 Å². The third kappa shape index (κ3) is 3.88. The molecule has 2 amide bonds. The average Bonchev–Trinajstić information content (AvgIpc) is 2.64. The molecule has 0 atom stereocenters. The lowest BCUT2D eigenvalue weighted by atomic mass is 10.1. The van der Waals surface area contributed by atoms with Gasteiger partial charge in [0, 0.05) is 37.6 Å². The van der Waals surface area contributed by atoms with Gasteiger partial charge in [-0.05, 0) is 49.2 Å². The first-order chi connectivity index (χ1) is 12.5. The summed E-state index contributed by atoms with van der Waals surface area (Å²) in [5.74, 6) is 0.590. The van der Waals surface area contributed by atoms with Gasteiger partial charge in [-0.2, -0.15) is 0 Å². The Bertz CT molecular complexity index is 802. The summed E-state index contributed by atoms with van der Waals surface area (Å²) in [6, 6.07) is 11.5. The van der Waals surface area contributed by atoms with Crippen molar-refractivity contribution in [1.82, 2.24) is 4.90 Å². The van der Waals surface area contributed by atoms with Crippen LogP contribution in [0, 0.1) is 13.8 Å². The molecule has 1 N–H and O–H groups in total. The Morgan fingerprint density at radius 1 is 1.12 bits per heavy atom. The second kappa shape index (κ2) is 7.87. The molecule has 1 aliphatic heterocycles. The molecule has 0 aromatic heterocycles. The van der Waals surface area contributed by atoms with Crippen molar-refractivity contribution in [1.29, 1.82) is 0 Å². The molecule has 5 nitrogen and oxygen atoms in total. The van der Waals surface area contributed by atoms with Crippen LogP contribution in [0.25, 0.3) is 0 Å². The molecule has 2 aromatic carbocycles. The minimum absolute atomic E-state index is 0.105. The zero-order chi connectivity index (χ0) is 18.7. The second-order valence-electron chi connectivity index (χ2n) is 6.47. The van der Waals surface area contributed by atoms with E-state index < -0.39 is 0 Å². The smallest absolute Gasteiger partial charge is 0.321 e. The lowest BCUT2D eigenvalue weighted by Crippen LogP contribution is -2.50. The predicted octanol–water partition coefficient (Wildman–Crippen LogP) is 4.32. The molecule has 6 heteroatoms. The van der Waals surface area contributed by atoms with E-state index in [1.807, 2.05) is 4.90 Å². The van der Waals surface area contributed by atoms with E-state index in [0.717, 1.165) is 13.1 Å².